The summed E-state index contributed by atoms with van der Waals surface area (Å²) in [4.78, 5) is 26.6. The molecule has 0 radical (unpaired) electrons. The zero-order valence-electron chi connectivity index (χ0n) is 19.5. The summed E-state index contributed by atoms with van der Waals surface area (Å²) in [5.41, 5.74) is 3.76. The van der Waals surface area contributed by atoms with Crippen molar-refractivity contribution in [1.29, 1.82) is 0 Å². The summed E-state index contributed by atoms with van der Waals surface area (Å²) >= 11 is 1.79. The molecule has 0 atom stereocenters. The van der Waals surface area contributed by atoms with E-state index in [0.717, 1.165) is 31.7 Å². The van der Waals surface area contributed by atoms with E-state index >= 15 is 0 Å². The Bertz CT molecular complexity index is 1060. The highest BCUT2D eigenvalue weighted by atomic mass is 32.2. The van der Waals surface area contributed by atoms with Crippen LogP contribution in [0.3, 0.4) is 0 Å². The largest absolute Gasteiger partial charge is 0.478 e. The number of anilines is 2. The smallest absolute Gasteiger partial charge is 0.335 e. The lowest BCUT2D eigenvalue weighted by Gasteiger charge is -2.34. The van der Waals surface area contributed by atoms with Crippen molar-refractivity contribution in [2.75, 3.05) is 42.3 Å². The van der Waals surface area contributed by atoms with Crippen LogP contribution in [-0.4, -0.2) is 59.4 Å². The molecule has 0 aliphatic carbocycles. The lowest BCUT2D eigenvalue weighted by atomic mass is 10.1. The monoisotopic (exact) mass is 466 g/mol. The van der Waals surface area contributed by atoms with Crippen molar-refractivity contribution in [3.05, 3.63) is 65.2 Å². The number of rotatable bonds is 5. The van der Waals surface area contributed by atoms with Gasteiger partial charge in [0.25, 0.3) is 5.91 Å². The molecular weight excluding hydrogens is 436 g/mol. The van der Waals surface area contributed by atoms with Gasteiger partial charge in [0.1, 0.15) is 0 Å². The Hall–Kier alpha value is -3.10. The molecule has 2 heterocycles. The van der Waals surface area contributed by atoms with Gasteiger partial charge in [-0.2, -0.15) is 10.1 Å². The first-order chi connectivity index (χ1) is 16.0. The number of hydrazone groups is 1. The Morgan fingerprint density at radius 1 is 1.03 bits per heavy atom. The highest BCUT2D eigenvalue weighted by Gasteiger charge is 2.29. The average Bonchev–Trinajstić information content (AvgIpc) is 3.14. The van der Waals surface area contributed by atoms with Gasteiger partial charge in [0.05, 0.1) is 22.5 Å². The molecule has 2 aromatic rings. The van der Waals surface area contributed by atoms with Gasteiger partial charge in [-0.15, -0.1) is 0 Å². The second-order valence-electron chi connectivity index (χ2n) is 7.41. The van der Waals surface area contributed by atoms with Crippen LogP contribution in [-0.2, 0) is 4.79 Å². The number of aromatic carboxylic acids is 1. The van der Waals surface area contributed by atoms with E-state index in [9.17, 15) is 14.7 Å². The van der Waals surface area contributed by atoms with Crippen LogP contribution in [0.15, 0.2) is 59.2 Å². The van der Waals surface area contributed by atoms with Gasteiger partial charge in [0.15, 0.2) is 0 Å². The van der Waals surface area contributed by atoms with E-state index in [0.29, 0.717) is 17.0 Å². The van der Waals surface area contributed by atoms with E-state index in [4.69, 9.17) is 0 Å². The van der Waals surface area contributed by atoms with Crippen molar-refractivity contribution in [2.24, 2.45) is 5.10 Å². The molecule has 0 spiro atoms. The summed E-state index contributed by atoms with van der Waals surface area (Å²) in [7, 11) is 0. The number of hydrogen-bond donors (Lipinski definition) is 1. The van der Waals surface area contributed by atoms with Gasteiger partial charge in [0.2, 0.25) is 0 Å². The maximum absolute atomic E-state index is 13.0. The fraction of sp³-hybridized carbons (Fsp3) is 0.320. The molecule has 1 saturated heterocycles. The van der Waals surface area contributed by atoms with Crippen molar-refractivity contribution in [1.82, 2.24) is 4.31 Å². The molecule has 1 amide bonds. The topological polar surface area (TPSA) is 76.5 Å². The second-order valence-corrected chi connectivity index (χ2v) is 8.29. The second kappa shape index (κ2) is 11.2. The van der Waals surface area contributed by atoms with Crippen LogP contribution < -0.4 is 9.91 Å². The number of benzene rings is 2. The molecule has 33 heavy (non-hydrogen) atoms. The SMILES string of the molecule is CC.CSN1CCN(c2ccc(/C=C3\C(=O)N(c4cccc(C(=O)O)c4)N=C3C)cc2)CC1. The minimum absolute atomic E-state index is 0.115. The number of hydrogen-bond acceptors (Lipinski definition) is 6. The molecule has 1 fully saturated rings. The Morgan fingerprint density at radius 3 is 2.30 bits per heavy atom. The van der Waals surface area contributed by atoms with Crippen molar-refractivity contribution >= 4 is 47.0 Å². The van der Waals surface area contributed by atoms with E-state index in [1.165, 1.54) is 22.8 Å². The van der Waals surface area contributed by atoms with Crippen LogP contribution in [0.25, 0.3) is 6.08 Å². The third kappa shape index (κ3) is 5.64. The van der Waals surface area contributed by atoms with E-state index in [2.05, 4.69) is 32.7 Å². The fourth-order valence-electron chi connectivity index (χ4n) is 3.71. The van der Waals surface area contributed by atoms with Crippen LogP contribution in [0.2, 0.25) is 0 Å². The zero-order valence-corrected chi connectivity index (χ0v) is 20.3. The lowest BCUT2D eigenvalue weighted by molar-refractivity contribution is -0.114. The Kier molecular flexibility index (Phi) is 8.30. The van der Waals surface area contributed by atoms with Gasteiger partial charge >= 0.3 is 5.97 Å². The van der Waals surface area contributed by atoms with Crippen LogP contribution in [0.4, 0.5) is 11.4 Å². The molecule has 0 bridgehead atoms. The maximum atomic E-state index is 13.0. The number of carboxylic acid groups (broad SMARTS) is 1. The van der Waals surface area contributed by atoms with Crippen LogP contribution in [0.5, 0.6) is 0 Å². The number of carbonyl (C=O) groups is 2. The van der Waals surface area contributed by atoms with Gasteiger partial charge in [-0.05, 0) is 55.2 Å². The quantitative estimate of drug-likeness (QED) is 0.512. The van der Waals surface area contributed by atoms with E-state index in [1.807, 2.05) is 32.1 Å². The summed E-state index contributed by atoms with van der Waals surface area (Å²) in [6.45, 7) is 9.85. The lowest BCUT2D eigenvalue weighted by Crippen LogP contribution is -2.43. The highest BCUT2D eigenvalue weighted by molar-refractivity contribution is 7.96. The minimum Gasteiger partial charge on any atom is -0.478 e. The summed E-state index contributed by atoms with van der Waals surface area (Å²) in [6.07, 6.45) is 3.94. The van der Waals surface area contributed by atoms with Crippen LogP contribution >= 0.6 is 11.9 Å². The normalized spacial score (nSPS) is 17.6. The van der Waals surface area contributed by atoms with Gasteiger partial charge in [-0.1, -0.05) is 44.0 Å². The number of nitrogens with zero attached hydrogens (tertiary/aromatic N) is 4. The average molecular weight is 467 g/mol. The zero-order chi connectivity index (χ0) is 24.0. The molecule has 0 unspecified atom stereocenters. The first-order valence-electron chi connectivity index (χ1n) is 11.1. The number of carbonyl (C=O) groups excluding carboxylic acids is 1. The van der Waals surface area contributed by atoms with Crippen molar-refractivity contribution < 1.29 is 14.7 Å². The van der Waals surface area contributed by atoms with E-state index < -0.39 is 5.97 Å². The number of carboxylic acids is 1. The molecule has 1 N–H and O–H groups in total. The summed E-state index contributed by atoms with van der Waals surface area (Å²) < 4.78 is 2.36. The molecule has 2 aliphatic heterocycles. The first kappa shape index (κ1) is 24.5. The predicted molar refractivity (Wildman–Crippen MR) is 137 cm³/mol. The molecule has 2 aliphatic rings. The highest BCUT2D eigenvalue weighted by Crippen LogP contribution is 2.26. The fourth-order valence-corrected chi connectivity index (χ4v) is 4.24. The molecule has 0 aromatic heterocycles. The molecule has 0 saturated carbocycles. The molecule has 2 aromatic carbocycles. The number of amides is 1. The molecule has 4 rings (SSSR count). The summed E-state index contributed by atoms with van der Waals surface area (Å²) in [5.74, 6) is -1.31. The standard InChI is InChI=1S/C23H24N4O3S.C2H6/c1-16-21(22(28)27(24-16)20-5-3-4-18(15-20)23(29)30)14-17-6-8-19(9-7-17)25-10-12-26(31-2)13-11-25;1-2/h3-9,14-15H,10-13H2,1-2H3,(H,29,30);1-2H3/b21-14-;. The molecule has 7 nitrogen and oxygen atoms in total. The molecular formula is C25H30N4O3S. The number of piperazine rings is 1. The van der Waals surface area contributed by atoms with Gasteiger partial charge in [-0.3, -0.25) is 4.79 Å². The van der Waals surface area contributed by atoms with Crippen molar-refractivity contribution in [3.63, 3.8) is 0 Å². The van der Waals surface area contributed by atoms with Crippen LogP contribution in [0, 0.1) is 0 Å². The van der Waals surface area contributed by atoms with Crippen molar-refractivity contribution in [3.8, 4) is 0 Å². The Morgan fingerprint density at radius 2 is 1.70 bits per heavy atom. The summed E-state index contributed by atoms with van der Waals surface area (Å²) in [5, 5.41) is 14.8. The predicted octanol–water partition coefficient (Wildman–Crippen LogP) is 4.62. The van der Waals surface area contributed by atoms with Crippen molar-refractivity contribution in [2.45, 2.75) is 20.8 Å². The third-order valence-corrected chi connectivity index (χ3v) is 6.35. The minimum atomic E-state index is -1.04. The Balaban J connectivity index is 0.00000149. The van der Waals surface area contributed by atoms with E-state index in [-0.39, 0.29) is 11.5 Å². The van der Waals surface area contributed by atoms with E-state index in [1.54, 1.807) is 31.0 Å². The summed E-state index contributed by atoms with van der Waals surface area (Å²) in [6, 6.07) is 14.4. The van der Waals surface area contributed by atoms with Gasteiger partial charge in [-0.25, -0.2) is 9.10 Å². The van der Waals surface area contributed by atoms with Gasteiger partial charge < -0.3 is 10.0 Å². The molecule has 8 heteroatoms. The molecule has 174 valence electrons. The first-order valence-corrected chi connectivity index (χ1v) is 12.2. The van der Waals surface area contributed by atoms with Gasteiger partial charge in [0, 0.05) is 31.9 Å². The Labute approximate surface area is 199 Å². The van der Waals surface area contributed by atoms with Crippen LogP contribution in [0.1, 0.15) is 36.7 Å². The third-order valence-electron chi connectivity index (χ3n) is 5.47. The maximum Gasteiger partial charge on any atom is 0.335 e.